The van der Waals surface area contributed by atoms with Crippen molar-refractivity contribution < 1.29 is 13.5 Å². The van der Waals surface area contributed by atoms with Gasteiger partial charge in [0.25, 0.3) is 0 Å². The summed E-state index contributed by atoms with van der Waals surface area (Å²) in [5.41, 5.74) is 4.65. The molecule has 1 rings (SSSR count). The van der Waals surface area contributed by atoms with E-state index < -0.39 is 15.6 Å². The molecule has 0 saturated heterocycles. The van der Waals surface area contributed by atoms with E-state index in [-0.39, 0.29) is 17.3 Å². The predicted molar refractivity (Wildman–Crippen MR) is 63.7 cm³/mol. The van der Waals surface area contributed by atoms with Gasteiger partial charge in [0.15, 0.2) is 5.82 Å². The molecule has 1 aromatic heterocycles. The number of anilines is 1. The molecule has 0 aliphatic carbocycles. The standard InChI is InChI=1S/C9H18N4O3S/c1-9(2,6-14)13(4)17(15,16)7-5-12(3)11-8(7)10/h5,14H,6H2,1-4H3,(H2,10,11). The third-order valence-electron chi connectivity index (χ3n) is 2.70. The molecule has 0 aliphatic heterocycles. The number of hydrogen-bond donors (Lipinski definition) is 2. The summed E-state index contributed by atoms with van der Waals surface area (Å²) < 4.78 is 26.9. The maximum Gasteiger partial charge on any atom is 0.248 e. The molecule has 1 heterocycles. The van der Waals surface area contributed by atoms with Gasteiger partial charge in [-0.2, -0.15) is 9.40 Å². The van der Waals surface area contributed by atoms with Crippen LogP contribution in [0.1, 0.15) is 13.8 Å². The number of rotatable bonds is 4. The number of sulfonamides is 1. The summed E-state index contributed by atoms with van der Waals surface area (Å²) in [6, 6.07) is 0. The third-order valence-corrected chi connectivity index (χ3v) is 4.79. The van der Waals surface area contributed by atoms with Crippen molar-refractivity contribution >= 4 is 15.8 Å². The van der Waals surface area contributed by atoms with Crippen molar-refractivity contribution in [2.24, 2.45) is 7.05 Å². The Bertz CT molecular complexity index is 506. The number of aliphatic hydroxyl groups is 1. The zero-order valence-electron chi connectivity index (χ0n) is 10.4. The smallest absolute Gasteiger partial charge is 0.248 e. The highest BCUT2D eigenvalue weighted by Crippen LogP contribution is 2.25. The van der Waals surface area contributed by atoms with Crippen molar-refractivity contribution in [1.29, 1.82) is 0 Å². The van der Waals surface area contributed by atoms with E-state index in [1.165, 1.54) is 17.9 Å². The lowest BCUT2D eigenvalue weighted by Crippen LogP contribution is -2.47. The van der Waals surface area contributed by atoms with Crippen LogP contribution in [0, 0.1) is 0 Å². The number of nitrogens with two attached hydrogens (primary N) is 1. The average Bonchev–Trinajstić information content (AvgIpc) is 2.57. The molecule has 0 bridgehead atoms. The van der Waals surface area contributed by atoms with E-state index in [4.69, 9.17) is 5.73 Å². The number of nitrogen functional groups attached to an aromatic ring is 1. The third kappa shape index (κ3) is 2.43. The molecule has 0 spiro atoms. The zero-order chi connectivity index (χ0) is 13.4. The monoisotopic (exact) mass is 262 g/mol. The second-order valence-corrected chi connectivity index (χ2v) is 6.43. The lowest BCUT2D eigenvalue weighted by Gasteiger charge is -2.32. The first kappa shape index (κ1) is 13.9. The van der Waals surface area contributed by atoms with Gasteiger partial charge in [0.05, 0.1) is 12.1 Å². The van der Waals surface area contributed by atoms with Crippen LogP contribution in [-0.2, 0) is 17.1 Å². The lowest BCUT2D eigenvalue weighted by molar-refractivity contribution is 0.138. The summed E-state index contributed by atoms with van der Waals surface area (Å²) in [5, 5.41) is 13.0. The number of nitrogens with zero attached hydrogens (tertiary/aromatic N) is 3. The first-order valence-electron chi connectivity index (χ1n) is 5.02. The van der Waals surface area contributed by atoms with Crippen LogP contribution in [0.3, 0.4) is 0 Å². The summed E-state index contributed by atoms with van der Waals surface area (Å²) in [5.74, 6) is -0.0481. The Hall–Kier alpha value is -1.12. The number of hydrogen-bond acceptors (Lipinski definition) is 5. The summed E-state index contributed by atoms with van der Waals surface area (Å²) >= 11 is 0. The van der Waals surface area contributed by atoms with Gasteiger partial charge in [0, 0.05) is 20.3 Å². The molecule has 0 aliphatic rings. The Balaban J connectivity index is 3.25. The SMILES string of the molecule is CN(C(C)(C)CO)S(=O)(=O)c1cn(C)nc1N. The zero-order valence-corrected chi connectivity index (χ0v) is 11.2. The molecule has 0 fully saturated rings. The van der Waals surface area contributed by atoms with E-state index in [0.717, 1.165) is 4.31 Å². The maximum atomic E-state index is 12.3. The summed E-state index contributed by atoms with van der Waals surface area (Å²) in [4.78, 5) is -0.0518. The van der Waals surface area contributed by atoms with Crippen LogP contribution in [0.25, 0.3) is 0 Å². The molecular weight excluding hydrogens is 244 g/mol. The molecule has 8 heteroatoms. The average molecular weight is 262 g/mol. The van der Waals surface area contributed by atoms with E-state index in [0.29, 0.717) is 0 Å². The van der Waals surface area contributed by atoms with Gasteiger partial charge in [-0.25, -0.2) is 8.42 Å². The highest BCUT2D eigenvalue weighted by atomic mass is 32.2. The van der Waals surface area contributed by atoms with Gasteiger partial charge < -0.3 is 10.8 Å². The van der Waals surface area contributed by atoms with Gasteiger partial charge in [-0.05, 0) is 13.8 Å². The van der Waals surface area contributed by atoms with E-state index in [9.17, 15) is 13.5 Å². The summed E-state index contributed by atoms with van der Waals surface area (Å²) in [6.45, 7) is 2.96. The van der Waals surface area contributed by atoms with Crippen LogP contribution in [0.5, 0.6) is 0 Å². The summed E-state index contributed by atoms with van der Waals surface area (Å²) in [7, 11) is -0.763. The minimum Gasteiger partial charge on any atom is -0.394 e. The van der Waals surface area contributed by atoms with Crippen molar-refractivity contribution in [2.75, 3.05) is 19.4 Å². The van der Waals surface area contributed by atoms with Crippen molar-refractivity contribution in [3.05, 3.63) is 6.20 Å². The number of aryl methyl sites for hydroxylation is 1. The Kier molecular flexibility index (Phi) is 3.51. The largest absolute Gasteiger partial charge is 0.394 e. The first-order valence-corrected chi connectivity index (χ1v) is 6.46. The molecule has 3 N–H and O–H groups in total. The van der Waals surface area contributed by atoms with Crippen LogP contribution in [0.4, 0.5) is 5.82 Å². The molecule has 0 unspecified atom stereocenters. The Labute approximate surface area is 101 Å². The van der Waals surface area contributed by atoms with Crippen LogP contribution in [0.2, 0.25) is 0 Å². The molecule has 7 nitrogen and oxygen atoms in total. The molecule has 0 radical (unpaired) electrons. The van der Waals surface area contributed by atoms with E-state index >= 15 is 0 Å². The quantitative estimate of drug-likeness (QED) is 0.754. The minimum atomic E-state index is -3.75. The van der Waals surface area contributed by atoms with Crippen LogP contribution < -0.4 is 5.73 Å². The van der Waals surface area contributed by atoms with Crippen molar-refractivity contribution in [1.82, 2.24) is 14.1 Å². The topological polar surface area (TPSA) is 101 Å². The van der Waals surface area contributed by atoms with E-state index in [1.54, 1.807) is 20.9 Å². The molecule has 0 amide bonds. The van der Waals surface area contributed by atoms with Crippen molar-refractivity contribution in [3.8, 4) is 0 Å². The molecule has 17 heavy (non-hydrogen) atoms. The fourth-order valence-corrected chi connectivity index (χ4v) is 2.85. The van der Waals surface area contributed by atoms with Crippen molar-refractivity contribution in [2.45, 2.75) is 24.3 Å². The molecular formula is C9H18N4O3S. The molecule has 98 valence electrons. The van der Waals surface area contributed by atoms with Crippen molar-refractivity contribution in [3.63, 3.8) is 0 Å². The highest BCUT2D eigenvalue weighted by molar-refractivity contribution is 7.89. The fraction of sp³-hybridized carbons (Fsp3) is 0.667. The van der Waals surface area contributed by atoms with Gasteiger partial charge in [0.1, 0.15) is 4.90 Å². The van der Waals surface area contributed by atoms with E-state index in [2.05, 4.69) is 5.10 Å². The lowest BCUT2D eigenvalue weighted by atomic mass is 10.1. The molecule has 0 aromatic carbocycles. The van der Waals surface area contributed by atoms with Gasteiger partial charge >= 0.3 is 0 Å². The first-order chi connectivity index (χ1) is 7.63. The van der Waals surface area contributed by atoms with Crippen LogP contribution in [-0.4, -0.2) is 46.8 Å². The van der Waals surface area contributed by atoms with E-state index in [1.807, 2.05) is 0 Å². The minimum absolute atomic E-state index is 0.0481. The van der Waals surface area contributed by atoms with Gasteiger partial charge in [-0.1, -0.05) is 0 Å². The predicted octanol–water partition coefficient (Wildman–Crippen LogP) is -0.606. The molecule has 0 saturated carbocycles. The fourth-order valence-electron chi connectivity index (χ4n) is 1.26. The Morgan fingerprint density at radius 3 is 2.47 bits per heavy atom. The molecule has 0 atom stereocenters. The second-order valence-electron chi connectivity index (χ2n) is 4.50. The summed E-state index contributed by atoms with van der Waals surface area (Å²) in [6.07, 6.45) is 1.34. The molecule has 1 aromatic rings. The number of likely N-dealkylation sites (N-methyl/N-ethyl adjacent to an activating group) is 1. The Morgan fingerprint density at radius 1 is 1.59 bits per heavy atom. The highest BCUT2D eigenvalue weighted by Gasteiger charge is 2.35. The number of aliphatic hydroxyl groups excluding tert-OH is 1. The van der Waals surface area contributed by atoms with Crippen LogP contribution in [0.15, 0.2) is 11.1 Å². The maximum absolute atomic E-state index is 12.3. The normalized spacial score (nSPS) is 13.3. The van der Waals surface area contributed by atoms with Gasteiger partial charge in [0.2, 0.25) is 10.0 Å². The number of aromatic nitrogens is 2. The second kappa shape index (κ2) is 4.28. The van der Waals surface area contributed by atoms with Gasteiger partial charge in [-0.3, -0.25) is 4.68 Å². The van der Waals surface area contributed by atoms with Crippen LogP contribution >= 0.6 is 0 Å². The van der Waals surface area contributed by atoms with Gasteiger partial charge in [-0.15, -0.1) is 0 Å². The Morgan fingerprint density at radius 2 is 2.12 bits per heavy atom.